The van der Waals surface area contributed by atoms with E-state index >= 15 is 0 Å². The van der Waals surface area contributed by atoms with E-state index in [-0.39, 0.29) is 17.4 Å². The molecule has 1 saturated heterocycles. The molecule has 1 aliphatic heterocycles. The molecule has 0 radical (unpaired) electrons. The number of aromatic nitrogens is 2. The van der Waals surface area contributed by atoms with E-state index in [1.54, 1.807) is 0 Å². The number of likely N-dealkylation sites (N-methyl/N-ethyl adjacent to an activating group) is 1. The standard InChI is InChI=1S/C11H17N3O2/c1-7-3-4-8(6-14(7)2)11-12-9(15)5-10(16)13-11/h5,7-8H,3-4,6H2,1-2H3,(H2,12,13,15,16). The van der Waals surface area contributed by atoms with Gasteiger partial charge in [-0.3, -0.25) is 4.79 Å². The van der Waals surface area contributed by atoms with Crippen LogP contribution in [-0.4, -0.2) is 39.6 Å². The number of hydrogen-bond donors (Lipinski definition) is 2. The average molecular weight is 223 g/mol. The Kier molecular flexibility index (Phi) is 2.96. The van der Waals surface area contributed by atoms with Crippen LogP contribution in [0.5, 0.6) is 5.88 Å². The maximum atomic E-state index is 11.2. The van der Waals surface area contributed by atoms with Crippen LogP contribution in [0.4, 0.5) is 0 Å². The van der Waals surface area contributed by atoms with Gasteiger partial charge in [-0.15, -0.1) is 0 Å². The van der Waals surface area contributed by atoms with Crippen LogP contribution in [0.25, 0.3) is 0 Å². The van der Waals surface area contributed by atoms with Crippen molar-refractivity contribution in [2.75, 3.05) is 13.6 Å². The van der Waals surface area contributed by atoms with Gasteiger partial charge in [0.1, 0.15) is 5.82 Å². The molecule has 2 rings (SSSR count). The first-order valence-electron chi connectivity index (χ1n) is 5.56. The van der Waals surface area contributed by atoms with Gasteiger partial charge in [0.2, 0.25) is 5.88 Å². The third kappa shape index (κ3) is 2.24. The van der Waals surface area contributed by atoms with Gasteiger partial charge in [-0.25, -0.2) is 0 Å². The average Bonchev–Trinajstić information content (AvgIpc) is 2.20. The quantitative estimate of drug-likeness (QED) is 0.734. The molecule has 1 aromatic rings. The van der Waals surface area contributed by atoms with Crippen LogP contribution in [0, 0.1) is 0 Å². The molecule has 2 N–H and O–H groups in total. The van der Waals surface area contributed by atoms with Crippen molar-refractivity contribution in [1.82, 2.24) is 14.9 Å². The monoisotopic (exact) mass is 223 g/mol. The summed E-state index contributed by atoms with van der Waals surface area (Å²) in [7, 11) is 2.07. The van der Waals surface area contributed by atoms with Crippen molar-refractivity contribution in [2.24, 2.45) is 0 Å². The zero-order valence-electron chi connectivity index (χ0n) is 9.60. The molecule has 2 unspecified atom stereocenters. The van der Waals surface area contributed by atoms with Crippen LogP contribution in [0.3, 0.4) is 0 Å². The van der Waals surface area contributed by atoms with Gasteiger partial charge >= 0.3 is 0 Å². The molecule has 0 bridgehead atoms. The molecule has 0 saturated carbocycles. The van der Waals surface area contributed by atoms with E-state index in [0.29, 0.717) is 11.9 Å². The van der Waals surface area contributed by atoms with E-state index in [1.807, 2.05) is 0 Å². The minimum Gasteiger partial charge on any atom is -0.493 e. The summed E-state index contributed by atoms with van der Waals surface area (Å²) in [6.45, 7) is 3.06. The molecule has 16 heavy (non-hydrogen) atoms. The summed E-state index contributed by atoms with van der Waals surface area (Å²) >= 11 is 0. The highest BCUT2D eigenvalue weighted by Crippen LogP contribution is 2.26. The maximum absolute atomic E-state index is 11.2. The number of nitrogens with zero attached hydrogens (tertiary/aromatic N) is 2. The van der Waals surface area contributed by atoms with Crippen LogP contribution in [-0.2, 0) is 0 Å². The summed E-state index contributed by atoms with van der Waals surface area (Å²) in [4.78, 5) is 20.2. The Bertz CT molecular complexity index is 429. The van der Waals surface area contributed by atoms with Gasteiger partial charge in [-0.2, -0.15) is 4.98 Å². The van der Waals surface area contributed by atoms with Gasteiger partial charge in [0.25, 0.3) is 5.56 Å². The molecule has 5 heteroatoms. The van der Waals surface area contributed by atoms with Crippen LogP contribution in [0.2, 0.25) is 0 Å². The Labute approximate surface area is 94.1 Å². The first kappa shape index (κ1) is 11.1. The molecule has 0 spiro atoms. The van der Waals surface area contributed by atoms with Crippen LogP contribution < -0.4 is 5.56 Å². The third-order valence-corrected chi connectivity index (χ3v) is 3.33. The van der Waals surface area contributed by atoms with Crippen molar-refractivity contribution >= 4 is 0 Å². The molecule has 0 amide bonds. The van der Waals surface area contributed by atoms with Gasteiger partial charge in [-0.1, -0.05) is 0 Å². The van der Waals surface area contributed by atoms with E-state index in [9.17, 15) is 9.90 Å². The SMILES string of the molecule is CC1CCC(c2nc(O)cc(=O)[nH]2)CN1C. The molecule has 0 aliphatic carbocycles. The summed E-state index contributed by atoms with van der Waals surface area (Å²) < 4.78 is 0. The van der Waals surface area contributed by atoms with Crippen molar-refractivity contribution in [2.45, 2.75) is 31.7 Å². The minimum absolute atomic E-state index is 0.194. The highest BCUT2D eigenvalue weighted by Gasteiger charge is 2.25. The predicted octanol–water partition coefficient (Wildman–Crippen LogP) is 0.673. The topological polar surface area (TPSA) is 69.2 Å². The van der Waals surface area contributed by atoms with E-state index in [1.165, 1.54) is 0 Å². The smallest absolute Gasteiger partial charge is 0.254 e. The summed E-state index contributed by atoms with van der Waals surface area (Å²) in [5.41, 5.74) is -0.288. The Morgan fingerprint density at radius 3 is 2.94 bits per heavy atom. The molecule has 1 aliphatic rings. The third-order valence-electron chi connectivity index (χ3n) is 3.33. The summed E-state index contributed by atoms with van der Waals surface area (Å²) in [5.74, 6) is 0.616. The Morgan fingerprint density at radius 1 is 1.56 bits per heavy atom. The molecule has 88 valence electrons. The Balaban J connectivity index is 2.21. The van der Waals surface area contributed by atoms with Gasteiger partial charge < -0.3 is 15.0 Å². The number of hydrogen-bond acceptors (Lipinski definition) is 4. The Hall–Kier alpha value is -1.36. The number of H-pyrrole nitrogens is 1. The molecular formula is C11H17N3O2. The number of aromatic amines is 1. The fourth-order valence-corrected chi connectivity index (χ4v) is 2.16. The Morgan fingerprint density at radius 2 is 2.31 bits per heavy atom. The number of aromatic hydroxyl groups is 1. The summed E-state index contributed by atoms with van der Waals surface area (Å²) in [6.07, 6.45) is 2.08. The lowest BCUT2D eigenvalue weighted by Crippen LogP contribution is -2.38. The van der Waals surface area contributed by atoms with E-state index < -0.39 is 0 Å². The van der Waals surface area contributed by atoms with Crippen molar-refractivity contribution in [3.8, 4) is 5.88 Å². The van der Waals surface area contributed by atoms with Gasteiger partial charge in [0.05, 0.1) is 6.07 Å². The fourth-order valence-electron chi connectivity index (χ4n) is 2.16. The second-order valence-electron chi connectivity index (χ2n) is 4.55. The molecule has 1 aromatic heterocycles. The first-order valence-corrected chi connectivity index (χ1v) is 5.56. The van der Waals surface area contributed by atoms with Crippen LogP contribution in [0.1, 0.15) is 31.5 Å². The minimum atomic E-state index is -0.288. The second kappa shape index (κ2) is 4.25. The van der Waals surface area contributed by atoms with Crippen molar-refractivity contribution in [3.05, 3.63) is 22.2 Å². The molecule has 5 nitrogen and oxygen atoms in total. The van der Waals surface area contributed by atoms with Crippen LogP contribution >= 0.6 is 0 Å². The maximum Gasteiger partial charge on any atom is 0.254 e. The van der Waals surface area contributed by atoms with Gasteiger partial charge in [-0.05, 0) is 26.8 Å². The van der Waals surface area contributed by atoms with Crippen LogP contribution in [0.15, 0.2) is 10.9 Å². The van der Waals surface area contributed by atoms with E-state index in [2.05, 4.69) is 28.8 Å². The largest absolute Gasteiger partial charge is 0.493 e. The van der Waals surface area contributed by atoms with E-state index in [4.69, 9.17) is 0 Å². The highest BCUT2D eigenvalue weighted by atomic mass is 16.3. The lowest BCUT2D eigenvalue weighted by Gasteiger charge is -2.34. The number of nitrogens with one attached hydrogen (secondary N) is 1. The van der Waals surface area contributed by atoms with Gasteiger partial charge in [0, 0.05) is 18.5 Å². The van der Waals surface area contributed by atoms with Crippen molar-refractivity contribution in [3.63, 3.8) is 0 Å². The summed E-state index contributed by atoms with van der Waals surface area (Å²) in [5, 5.41) is 9.30. The normalized spacial score (nSPS) is 26.9. The molecular weight excluding hydrogens is 206 g/mol. The highest BCUT2D eigenvalue weighted by molar-refractivity contribution is 5.10. The second-order valence-corrected chi connectivity index (χ2v) is 4.55. The number of rotatable bonds is 1. The number of piperidine rings is 1. The summed E-state index contributed by atoms with van der Waals surface area (Å²) in [6, 6.07) is 1.67. The number of likely N-dealkylation sites (tertiary alicyclic amines) is 1. The fraction of sp³-hybridized carbons (Fsp3) is 0.636. The molecule has 2 heterocycles. The first-order chi connectivity index (χ1) is 7.56. The van der Waals surface area contributed by atoms with Crippen molar-refractivity contribution in [1.29, 1.82) is 0 Å². The zero-order valence-corrected chi connectivity index (χ0v) is 9.60. The molecule has 0 aromatic carbocycles. The lowest BCUT2D eigenvalue weighted by atomic mass is 9.93. The van der Waals surface area contributed by atoms with Crippen molar-refractivity contribution < 1.29 is 5.11 Å². The zero-order chi connectivity index (χ0) is 11.7. The molecule has 1 fully saturated rings. The molecule has 2 atom stereocenters. The lowest BCUT2D eigenvalue weighted by molar-refractivity contribution is 0.176. The van der Waals surface area contributed by atoms with Gasteiger partial charge in [0.15, 0.2) is 0 Å². The van der Waals surface area contributed by atoms with E-state index in [0.717, 1.165) is 25.5 Å². The predicted molar refractivity (Wildman–Crippen MR) is 60.6 cm³/mol.